The van der Waals surface area contributed by atoms with Crippen molar-refractivity contribution in [3.63, 3.8) is 0 Å². The Bertz CT molecular complexity index is 2520. The molecule has 0 saturated heterocycles. The number of nitrogens with zero attached hydrogens (tertiary/aromatic N) is 12. The molecule has 0 spiro atoms. The number of pyridine rings is 2. The maximum atomic E-state index is 8.93. The van der Waals surface area contributed by atoms with Crippen LogP contribution in [0.4, 0.5) is 11.6 Å². The Labute approximate surface area is 321 Å². The summed E-state index contributed by atoms with van der Waals surface area (Å²) in [5.74, 6) is 5.30. The first-order valence-corrected chi connectivity index (χ1v) is 19.1. The summed E-state index contributed by atoms with van der Waals surface area (Å²) in [6.45, 7) is 4.47. The molecule has 0 amide bonds. The van der Waals surface area contributed by atoms with Gasteiger partial charge in [-0.15, -0.1) is 20.4 Å². The monoisotopic (exact) mass is 744 g/mol. The summed E-state index contributed by atoms with van der Waals surface area (Å²) in [7, 11) is 0. The van der Waals surface area contributed by atoms with Crippen molar-refractivity contribution >= 4 is 45.3 Å². The quantitative estimate of drug-likeness (QED) is 0.131. The van der Waals surface area contributed by atoms with Crippen molar-refractivity contribution in [3.05, 3.63) is 96.4 Å². The summed E-state index contributed by atoms with van der Waals surface area (Å²) in [4.78, 5) is 23.9. The average molecular weight is 745 g/mol. The summed E-state index contributed by atoms with van der Waals surface area (Å²) in [5.41, 5.74) is 6.41. The highest BCUT2D eigenvalue weighted by atomic mass is 15.3. The van der Waals surface area contributed by atoms with Crippen LogP contribution in [-0.2, 0) is 0 Å². The van der Waals surface area contributed by atoms with Gasteiger partial charge in [0.1, 0.15) is 35.4 Å². The normalized spacial score (nSPS) is 21.9. The molecular formula is C40H40N16. The number of H-pyrrole nitrogens is 2. The van der Waals surface area contributed by atoms with E-state index in [1.165, 1.54) is 0 Å². The van der Waals surface area contributed by atoms with Crippen LogP contribution in [0, 0.1) is 34.5 Å². The minimum absolute atomic E-state index is 0.311. The topological polar surface area (TPSA) is 215 Å². The number of hydrogen-bond donors (Lipinski definition) is 4. The lowest BCUT2D eigenvalue weighted by atomic mass is 9.93. The fraction of sp³-hybridized carbons (Fsp3) is 0.350. The van der Waals surface area contributed by atoms with Gasteiger partial charge in [-0.25, -0.2) is 19.9 Å². The number of hydrogen-bond acceptors (Lipinski definition) is 12. The van der Waals surface area contributed by atoms with Crippen LogP contribution in [0.3, 0.4) is 0 Å². The highest BCUT2D eigenvalue weighted by Gasteiger charge is 2.38. The highest BCUT2D eigenvalue weighted by molar-refractivity contribution is 5.75. The maximum Gasteiger partial charge on any atom is 0.179 e. The summed E-state index contributed by atoms with van der Waals surface area (Å²) >= 11 is 0. The van der Waals surface area contributed by atoms with E-state index in [1.807, 2.05) is 36.7 Å². The Morgan fingerprint density at radius 1 is 0.607 bits per heavy atom. The van der Waals surface area contributed by atoms with Crippen LogP contribution in [0.1, 0.15) is 87.0 Å². The minimum Gasteiger partial charge on any atom is -0.367 e. The van der Waals surface area contributed by atoms with E-state index in [2.05, 4.69) is 95.7 Å². The lowest BCUT2D eigenvalue weighted by molar-refractivity contribution is 0.451. The molecule has 16 nitrogen and oxygen atoms in total. The number of fused-ring (bicyclic) bond motifs is 6. The molecule has 2 saturated carbocycles. The van der Waals surface area contributed by atoms with E-state index in [9.17, 15) is 0 Å². The van der Waals surface area contributed by atoms with Crippen molar-refractivity contribution in [2.45, 2.75) is 76.3 Å². The molecule has 10 rings (SSSR count). The molecule has 2 aliphatic rings. The Hall–Kier alpha value is -6.94. The Balaban J connectivity index is 0.000000146. The maximum absolute atomic E-state index is 8.93. The number of nitrogens with one attached hydrogen (secondary N) is 4. The zero-order valence-electron chi connectivity index (χ0n) is 31.0. The molecule has 0 aliphatic heterocycles. The number of rotatable bonds is 8. The Morgan fingerprint density at radius 3 is 1.46 bits per heavy atom. The lowest BCUT2D eigenvalue weighted by Crippen LogP contribution is -2.16. The van der Waals surface area contributed by atoms with Gasteiger partial charge in [-0.3, -0.25) is 8.80 Å². The first-order valence-electron chi connectivity index (χ1n) is 19.1. The van der Waals surface area contributed by atoms with Crippen LogP contribution in [0.5, 0.6) is 0 Å². The molecule has 8 aromatic rings. The van der Waals surface area contributed by atoms with Gasteiger partial charge in [0, 0.05) is 48.7 Å². The standard InChI is InChI=1S/2C20H20N8/c2*1-2-13-7-14(25-17-4-3-12(9-21)10-23-17)8-15(13)20-27-26-18-11-24-19-16(28(18)20)5-6-22-19/h2*3-6,10-11,13-15,22H,2,7-8H2,1H3,(H,23,25)/t2*13-,14+,15+/m10/s1. The molecule has 6 atom stereocenters. The van der Waals surface area contributed by atoms with Gasteiger partial charge in [0.25, 0.3) is 0 Å². The highest BCUT2D eigenvalue weighted by Crippen LogP contribution is 2.43. The number of anilines is 2. The van der Waals surface area contributed by atoms with E-state index in [4.69, 9.17) is 10.5 Å². The molecule has 8 aromatic heterocycles. The Kier molecular flexibility index (Phi) is 9.14. The minimum atomic E-state index is 0.311. The van der Waals surface area contributed by atoms with E-state index in [0.29, 0.717) is 46.9 Å². The van der Waals surface area contributed by atoms with Crippen LogP contribution >= 0.6 is 0 Å². The smallest absolute Gasteiger partial charge is 0.179 e. The molecule has 2 aliphatic carbocycles. The van der Waals surface area contributed by atoms with Gasteiger partial charge in [-0.05, 0) is 73.9 Å². The van der Waals surface area contributed by atoms with E-state index < -0.39 is 0 Å². The molecule has 280 valence electrons. The molecule has 0 aromatic carbocycles. The van der Waals surface area contributed by atoms with Crippen LogP contribution < -0.4 is 10.6 Å². The first kappa shape index (κ1) is 34.8. The fourth-order valence-corrected chi connectivity index (χ4v) is 8.81. The van der Waals surface area contributed by atoms with Crippen molar-refractivity contribution in [3.8, 4) is 12.1 Å². The van der Waals surface area contributed by atoms with E-state index in [0.717, 1.165) is 95.4 Å². The molecule has 16 heteroatoms. The molecule has 0 unspecified atom stereocenters. The molecule has 0 radical (unpaired) electrons. The second kappa shape index (κ2) is 14.7. The van der Waals surface area contributed by atoms with Crippen molar-refractivity contribution in [2.75, 3.05) is 10.6 Å². The predicted molar refractivity (Wildman–Crippen MR) is 210 cm³/mol. The van der Waals surface area contributed by atoms with Gasteiger partial charge in [0.15, 0.2) is 22.6 Å². The van der Waals surface area contributed by atoms with Gasteiger partial charge in [-0.1, -0.05) is 26.7 Å². The van der Waals surface area contributed by atoms with Gasteiger partial charge in [0.2, 0.25) is 0 Å². The molecular weight excluding hydrogens is 705 g/mol. The molecule has 8 heterocycles. The third kappa shape index (κ3) is 6.38. The van der Waals surface area contributed by atoms with Crippen molar-refractivity contribution in [2.24, 2.45) is 11.8 Å². The van der Waals surface area contributed by atoms with E-state index in [-0.39, 0.29) is 0 Å². The van der Waals surface area contributed by atoms with Crippen molar-refractivity contribution in [1.82, 2.24) is 59.1 Å². The van der Waals surface area contributed by atoms with Gasteiger partial charge in [0.05, 0.1) is 34.6 Å². The van der Waals surface area contributed by atoms with Gasteiger partial charge in [-0.2, -0.15) is 10.5 Å². The van der Waals surface area contributed by atoms with Crippen LogP contribution in [0.2, 0.25) is 0 Å². The average Bonchev–Trinajstić information content (AvgIpc) is 4.09. The number of nitriles is 2. The molecule has 0 bridgehead atoms. The third-order valence-corrected chi connectivity index (χ3v) is 11.5. The van der Waals surface area contributed by atoms with Crippen LogP contribution in [0.15, 0.2) is 73.6 Å². The summed E-state index contributed by atoms with van der Waals surface area (Å²) < 4.78 is 4.27. The van der Waals surface area contributed by atoms with E-state index >= 15 is 0 Å². The molecule has 4 N–H and O–H groups in total. The SMILES string of the molecule is CC[C@@H]1C[C@H](Nc2ccc(C#N)cn2)C[C@@H]1c1nnc2cnc3[nH]ccc3n12.CC[C@H]1C[C@@H](Nc2ccc(C#N)cn2)C[C@H]1c1nnc2cnc3[nH]ccc3n12. The Morgan fingerprint density at radius 2 is 1.07 bits per heavy atom. The summed E-state index contributed by atoms with van der Waals surface area (Å²) in [5, 5.41) is 42.8. The second-order valence-electron chi connectivity index (χ2n) is 14.7. The van der Waals surface area contributed by atoms with Gasteiger partial charge < -0.3 is 20.6 Å². The van der Waals surface area contributed by atoms with Crippen LogP contribution in [0.25, 0.3) is 33.6 Å². The van der Waals surface area contributed by atoms with Crippen molar-refractivity contribution in [1.29, 1.82) is 10.5 Å². The number of aromatic amines is 2. The third-order valence-electron chi connectivity index (χ3n) is 11.5. The first-order chi connectivity index (χ1) is 27.5. The largest absolute Gasteiger partial charge is 0.367 e. The fourth-order valence-electron chi connectivity index (χ4n) is 8.81. The van der Waals surface area contributed by atoms with Crippen LogP contribution in [-0.4, -0.2) is 71.2 Å². The summed E-state index contributed by atoms with van der Waals surface area (Å²) in [6, 6.07) is 16.2. The predicted octanol–water partition coefficient (Wildman–Crippen LogP) is 6.51. The number of aromatic nitrogens is 12. The van der Waals surface area contributed by atoms with E-state index in [1.54, 1.807) is 36.9 Å². The van der Waals surface area contributed by atoms with Crippen molar-refractivity contribution < 1.29 is 0 Å². The zero-order chi connectivity index (χ0) is 38.2. The molecule has 56 heavy (non-hydrogen) atoms. The second-order valence-corrected chi connectivity index (χ2v) is 14.7. The lowest BCUT2D eigenvalue weighted by Gasteiger charge is -2.15. The molecule has 2 fully saturated rings. The van der Waals surface area contributed by atoms with Gasteiger partial charge >= 0.3 is 0 Å². The zero-order valence-corrected chi connectivity index (χ0v) is 31.0. The summed E-state index contributed by atoms with van der Waals surface area (Å²) in [6.07, 6.45) is 16.7.